The molecule has 9 nitrogen and oxygen atoms in total. The summed E-state index contributed by atoms with van der Waals surface area (Å²) in [7, 11) is 1.13. The van der Waals surface area contributed by atoms with Gasteiger partial charge in [-0.15, -0.1) is 0 Å². The third kappa shape index (κ3) is 4.75. The number of nitrogens with one attached hydrogen (secondary N) is 2. The number of amides is 3. The van der Waals surface area contributed by atoms with Gasteiger partial charge in [0.05, 0.1) is 13.5 Å². The number of hydrogen-bond acceptors (Lipinski definition) is 5. The van der Waals surface area contributed by atoms with Crippen LogP contribution in [-0.4, -0.2) is 66.7 Å². The zero-order valence-corrected chi connectivity index (χ0v) is 11.0. The van der Waals surface area contributed by atoms with Crippen LogP contribution in [0.15, 0.2) is 0 Å². The minimum atomic E-state index is -1.39. The van der Waals surface area contributed by atoms with E-state index in [9.17, 15) is 19.2 Å². The number of carbonyl (C=O) groups is 4. The topological polar surface area (TPSA) is 125 Å². The molecule has 1 saturated heterocycles. The number of rotatable bonds is 4. The Morgan fingerprint density at radius 1 is 1.50 bits per heavy atom. The molecular formula is C11H17N3O6. The molecule has 0 saturated carbocycles. The van der Waals surface area contributed by atoms with Crippen LogP contribution in [0, 0.1) is 0 Å². The molecular weight excluding hydrogens is 270 g/mol. The first-order valence-electron chi connectivity index (χ1n) is 6.05. The third-order valence-corrected chi connectivity index (χ3v) is 2.74. The molecule has 1 aliphatic heterocycles. The van der Waals surface area contributed by atoms with Gasteiger partial charge in [-0.25, -0.2) is 9.59 Å². The number of ether oxygens (including phenoxy) is 1. The molecule has 1 heterocycles. The monoisotopic (exact) mass is 287 g/mol. The lowest BCUT2D eigenvalue weighted by molar-refractivity contribution is -0.147. The summed E-state index contributed by atoms with van der Waals surface area (Å²) < 4.78 is 4.36. The highest BCUT2D eigenvalue weighted by molar-refractivity contribution is 5.88. The molecule has 9 heteroatoms. The minimum Gasteiger partial charge on any atom is -0.480 e. The lowest BCUT2D eigenvalue weighted by atomic mass is 10.2. The van der Waals surface area contributed by atoms with Gasteiger partial charge in [0.1, 0.15) is 12.6 Å². The fourth-order valence-electron chi connectivity index (χ4n) is 1.67. The van der Waals surface area contributed by atoms with Crippen LogP contribution in [0.2, 0.25) is 0 Å². The van der Waals surface area contributed by atoms with E-state index in [2.05, 4.69) is 15.4 Å². The molecule has 1 rings (SSSR count). The van der Waals surface area contributed by atoms with Gasteiger partial charge in [-0.3, -0.25) is 9.59 Å². The number of nitrogens with zero attached hydrogens (tertiary/aromatic N) is 1. The average Bonchev–Trinajstić information content (AvgIpc) is 2.62. The summed E-state index contributed by atoms with van der Waals surface area (Å²) in [5.74, 6) is -2.40. The van der Waals surface area contributed by atoms with Gasteiger partial charge >= 0.3 is 18.0 Å². The molecule has 0 aromatic rings. The van der Waals surface area contributed by atoms with E-state index < -0.39 is 30.4 Å². The number of methoxy groups -OCH3 is 1. The summed E-state index contributed by atoms with van der Waals surface area (Å²) in [5.41, 5.74) is 0. The largest absolute Gasteiger partial charge is 0.480 e. The van der Waals surface area contributed by atoms with Crippen LogP contribution < -0.4 is 10.6 Å². The van der Waals surface area contributed by atoms with Crippen LogP contribution in [0.1, 0.15) is 12.8 Å². The molecule has 3 amide bonds. The van der Waals surface area contributed by atoms with Gasteiger partial charge < -0.3 is 25.4 Å². The highest BCUT2D eigenvalue weighted by Gasteiger charge is 2.27. The Labute approximate surface area is 115 Å². The van der Waals surface area contributed by atoms with Crippen molar-refractivity contribution in [3.05, 3.63) is 0 Å². The Kier molecular flexibility index (Phi) is 5.75. The predicted octanol–water partition coefficient (Wildman–Crippen LogP) is -1.47. The molecule has 0 aliphatic carbocycles. The van der Waals surface area contributed by atoms with E-state index in [-0.39, 0.29) is 12.5 Å². The van der Waals surface area contributed by atoms with E-state index >= 15 is 0 Å². The second kappa shape index (κ2) is 7.31. The van der Waals surface area contributed by atoms with E-state index in [0.717, 1.165) is 7.11 Å². The van der Waals surface area contributed by atoms with E-state index in [1.54, 1.807) is 0 Å². The van der Waals surface area contributed by atoms with Crippen molar-refractivity contribution in [2.45, 2.75) is 18.9 Å². The maximum atomic E-state index is 11.9. The summed E-state index contributed by atoms with van der Waals surface area (Å²) in [6.07, 6.45) is 0.103. The van der Waals surface area contributed by atoms with Crippen LogP contribution in [-0.2, 0) is 19.1 Å². The first kappa shape index (κ1) is 15.7. The Morgan fingerprint density at radius 2 is 2.20 bits per heavy atom. The summed E-state index contributed by atoms with van der Waals surface area (Å²) in [6, 6.07) is -2.08. The van der Waals surface area contributed by atoms with E-state index in [0.29, 0.717) is 19.5 Å². The lowest BCUT2D eigenvalue weighted by Crippen LogP contribution is -2.50. The summed E-state index contributed by atoms with van der Waals surface area (Å²) in [5, 5.41) is 13.8. The maximum Gasteiger partial charge on any atom is 0.326 e. The van der Waals surface area contributed by atoms with Crippen molar-refractivity contribution < 1.29 is 29.0 Å². The zero-order valence-electron chi connectivity index (χ0n) is 11.0. The van der Waals surface area contributed by atoms with Crippen LogP contribution >= 0.6 is 0 Å². The Morgan fingerprint density at radius 3 is 2.80 bits per heavy atom. The van der Waals surface area contributed by atoms with Crippen LogP contribution in [0.3, 0.4) is 0 Å². The average molecular weight is 287 g/mol. The van der Waals surface area contributed by atoms with Crippen molar-refractivity contribution >= 4 is 23.9 Å². The molecule has 3 N–H and O–H groups in total. The quantitative estimate of drug-likeness (QED) is 0.542. The number of carboxylic acid groups (broad SMARTS) is 1. The fraction of sp³-hybridized carbons (Fsp3) is 0.636. The predicted molar refractivity (Wildman–Crippen MR) is 65.8 cm³/mol. The van der Waals surface area contributed by atoms with Crippen molar-refractivity contribution in [3.8, 4) is 0 Å². The van der Waals surface area contributed by atoms with Gasteiger partial charge in [0.2, 0.25) is 5.91 Å². The Balaban J connectivity index is 2.62. The van der Waals surface area contributed by atoms with Crippen LogP contribution in [0.25, 0.3) is 0 Å². The second-order valence-electron chi connectivity index (χ2n) is 4.25. The highest BCUT2D eigenvalue weighted by Crippen LogP contribution is 2.01. The third-order valence-electron chi connectivity index (χ3n) is 2.74. The van der Waals surface area contributed by atoms with Gasteiger partial charge in [-0.05, 0) is 6.42 Å². The summed E-state index contributed by atoms with van der Waals surface area (Å²) in [6.45, 7) is 0.651. The van der Waals surface area contributed by atoms with Crippen molar-refractivity contribution in [1.82, 2.24) is 15.5 Å². The van der Waals surface area contributed by atoms with Crippen LogP contribution in [0.4, 0.5) is 4.79 Å². The van der Waals surface area contributed by atoms with E-state index in [1.807, 2.05) is 0 Å². The lowest BCUT2D eigenvalue weighted by Gasteiger charge is -2.22. The molecule has 0 unspecified atom stereocenters. The van der Waals surface area contributed by atoms with Crippen LogP contribution in [0.5, 0.6) is 0 Å². The summed E-state index contributed by atoms with van der Waals surface area (Å²) >= 11 is 0. The highest BCUT2D eigenvalue weighted by atomic mass is 16.5. The van der Waals surface area contributed by atoms with Gasteiger partial charge in [-0.1, -0.05) is 0 Å². The molecule has 20 heavy (non-hydrogen) atoms. The SMILES string of the molecule is COC(=O)C[C@H](NC(=O)N1CCCNC(=O)C1)C(=O)O. The fourth-order valence-corrected chi connectivity index (χ4v) is 1.67. The molecule has 0 spiro atoms. The molecule has 1 aliphatic rings. The molecule has 0 aromatic carbocycles. The van der Waals surface area contributed by atoms with E-state index in [4.69, 9.17) is 5.11 Å². The number of esters is 1. The molecule has 1 fully saturated rings. The molecule has 0 bridgehead atoms. The normalized spacial score (nSPS) is 16.6. The summed E-state index contributed by atoms with van der Waals surface area (Å²) in [4.78, 5) is 46.5. The molecule has 0 radical (unpaired) electrons. The smallest absolute Gasteiger partial charge is 0.326 e. The minimum absolute atomic E-state index is 0.142. The van der Waals surface area contributed by atoms with E-state index in [1.165, 1.54) is 4.90 Å². The molecule has 0 aromatic heterocycles. The van der Waals surface area contributed by atoms with Crippen molar-refractivity contribution in [2.24, 2.45) is 0 Å². The molecule has 1 atom stereocenters. The molecule has 112 valence electrons. The number of hydrogen-bond donors (Lipinski definition) is 3. The Bertz CT molecular complexity index is 411. The number of carbonyl (C=O) groups excluding carboxylic acids is 3. The number of urea groups is 1. The second-order valence-corrected chi connectivity index (χ2v) is 4.25. The first-order valence-corrected chi connectivity index (χ1v) is 6.05. The standard InChI is InChI=1S/C11H17N3O6/c1-20-9(16)5-7(10(17)18)13-11(19)14-4-2-3-12-8(15)6-14/h7H,2-6H2,1H3,(H,12,15)(H,13,19)(H,17,18)/t7-/m0/s1. The van der Waals surface area contributed by atoms with Gasteiger partial charge in [0.15, 0.2) is 0 Å². The maximum absolute atomic E-state index is 11.9. The van der Waals surface area contributed by atoms with Crippen molar-refractivity contribution in [1.29, 1.82) is 0 Å². The van der Waals surface area contributed by atoms with Crippen molar-refractivity contribution in [2.75, 3.05) is 26.7 Å². The van der Waals surface area contributed by atoms with Crippen molar-refractivity contribution in [3.63, 3.8) is 0 Å². The number of aliphatic carboxylic acids is 1. The first-order chi connectivity index (χ1) is 9.43. The Hall–Kier alpha value is -2.32. The number of carboxylic acids is 1. The van der Waals surface area contributed by atoms with Gasteiger partial charge in [0.25, 0.3) is 0 Å². The van der Waals surface area contributed by atoms with Gasteiger partial charge in [-0.2, -0.15) is 0 Å². The van der Waals surface area contributed by atoms with Gasteiger partial charge in [0, 0.05) is 13.1 Å². The zero-order chi connectivity index (χ0) is 15.1.